The second-order valence-electron chi connectivity index (χ2n) is 1.54. The first-order valence-electron chi connectivity index (χ1n) is 2.35. The van der Waals surface area contributed by atoms with Crippen LogP contribution in [0.25, 0.3) is 0 Å². The van der Waals surface area contributed by atoms with Gasteiger partial charge in [0.1, 0.15) is 0 Å². The highest BCUT2D eigenvalue weighted by Crippen LogP contribution is 2.26. The van der Waals surface area contributed by atoms with E-state index in [1.54, 1.807) is 0 Å². The summed E-state index contributed by atoms with van der Waals surface area (Å²) >= 11 is 0. The topological polar surface area (TPSA) is 233 Å². The Labute approximate surface area is 152 Å². The summed E-state index contributed by atoms with van der Waals surface area (Å²) in [5.41, 5.74) is 0. The van der Waals surface area contributed by atoms with Gasteiger partial charge in [-0.2, -0.15) is 0 Å². The molecular formula is H12I3O12P3. The lowest BCUT2D eigenvalue weighted by Gasteiger charge is -1.82. The second-order valence-corrected chi connectivity index (χ2v) is 4.62. The van der Waals surface area contributed by atoms with Crippen molar-refractivity contribution in [2.75, 3.05) is 0 Å². The molecule has 0 aromatic carbocycles. The van der Waals surface area contributed by atoms with Crippen LogP contribution in [0.15, 0.2) is 0 Å². The van der Waals surface area contributed by atoms with Gasteiger partial charge in [0.25, 0.3) is 0 Å². The molecule has 0 bridgehead atoms. The van der Waals surface area contributed by atoms with Crippen LogP contribution in [-0.4, -0.2) is 44.0 Å². The van der Waals surface area contributed by atoms with Gasteiger partial charge >= 0.3 is 23.5 Å². The zero-order valence-corrected chi connectivity index (χ0v) is 17.5. The van der Waals surface area contributed by atoms with E-state index in [-0.39, 0.29) is 71.9 Å². The van der Waals surface area contributed by atoms with Gasteiger partial charge in [-0.3, -0.25) is 0 Å². The highest BCUT2D eigenvalue weighted by molar-refractivity contribution is 14.0. The van der Waals surface area contributed by atoms with Crippen molar-refractivity contribution in [1.82, 2.24) is 0 Å². The van der Waals surface area contributed by atoms with Crippen molar-refractivity contribution in [2.45, 2.75) is 0 Å². The highest BCUT2D eigenvalue weighted by Gasteiger charge is 2.01. The van der Waals surface area contributed by atoms with Crippen LogP contribution in [0.4, 0.5) is 0 Å². The summed E-state index contributed by atoms with van der Waals surface area (Å²) in [6, 6.07) is 0. The van der Waals surface area contributed by atoms with Gasteiger partial charge in [0, 0.05) is 0 Å². The molecule has 0 spiro atoms. The number of halogens is 3. The predicted octanol–water partition coefficient (Wildman–Crippen LogP) is -0.932. The van der Waals surface area contributed by atoms with Crippen LogP contribution >= 0.6 is 95.4 Å². The first kappa shape index (κ1) is 37.1. The third kappa shape index (κ3) is 895. The molecule has 0 aliphatic heterocycles. The zero-order valence-electron chi connectivity index (χ0n) is 7.82. The van der Waals surface area contributed by atoms with E-state index in [9.17, 15) is 0 Å². The van der Waals surface area contributed by atoms with Crippen LogP contribution in [0.3, 0.4) is 0 Å². The van der Waals surface area contributed by atoms with Crippen LogP contribution in [0.1, 0.15) is 0 Å². The molecule has 0 saturated heterocycles. The molecule has 0 rings (SSSR count). The van der Waals surface area contributed by atoms with Crippen molar-refractivity contribution in [3.63, 3.8) is 0 Å². The fraction of sp³-hybridized carbons (Fsp3) is 0. The molecule has 0 unspecified atom stereocenters. The van der Waals surface area contributed by atoms with Crippen molar-refractivity contribution in [3.8, 4) is 0 Å². The van der Waals surface area contributed by atoms with E-state index >= 15 is 0 Å². The second kappa shape index (κ2) is 15.9. The molecule has 0 aromatic rings. The molecular weight excluding hydrogens is 666 g/mol. The average molecular weight is 678 g/mol. The van der Waals surface area contributed by atoms with Crippen molar-refractivity contribution in [3.05, 3.63) is 0 Å². The Balaban J connectivity index is -0.0000000277. The summed E-state index contributed by atoms with van der Waals surface area (Å²) in [7, 11) is -13.9. The predicted molar refractivity (Wildman–Crippen MR) is 89.0 cm³/mol. The molecule has 0 fully saturated rings. The number of hydrogen-bond donors (Lipinski definition) is 9. The molecule has 0 aromatic heterocycles. The van der Waals surface area contributed by atoms with E-state index in [0.29, 0.717) is 0 Å². The van der Waals surface area contributed by atoms with Gasteiger partial charge in [-0.15, -0.1) is 71.9 Å². The van der Waals surface area contributed by atoms with Crippen molar-refractivity contribution in [2.24, 2.45) is 0 Å². The molecule has 120 valence electrons. The molecule has 0 aliphatic carbocycles. The lowest BCUT2D eigenvalue weighted by molar-refractivity contribution is 0.272. The molecule has 0 radical (unpaired) electrons. The first-order chi connectivity index (χ1) is 6.00. The summed E-state index contributed by atoms with van der Waals surface area (Å²) < 4.78 is 26.6. The first-order valence-corrected chi connectivity index (χ1v) is 7.04. The smallest absolute Gasteiger partial charge is 0.303 e. The zero-order chi connectivity index (χ0) is 13.5. The van der Waals surface area contributed by atoms with E-state index in [1.807, 2.05) is 0 Å². The largest absolute Gasteiger partial charge is 0.466 e. The fourth-order valence-electron chi connectivity index (χ4n) is 0. The van der Waals surface area contributed by atoms with Crippen LogP contribution in [0.2, 0.25) is 0 Å². The summed E-state index contributed by atoms with van der Waals surface area (Å²) in [6.07, 6.45) is 0. The molecule has 18 heavy (non-hydrogen) atoms. The molecule has 0 heterocycles. The standard InChI is InChI=1S/3HI.3H3O4P/c;;;3*1-5(2,3)4/h3*1H;3*(H3,1,2,3,4). The van der Waals surface area contributed by atoms with Gasteiger partial charge in [-0.25, -0.2) is 13.7 Å². The quantitative estimate of drug-likeness (QED) is 0.112. The van der Waals surface area contributed by atoms with E-state index < -0.39 is 23.5 Å². The number of phosphoric acid groups is 3. The van der Waals surface area contributed by atoms with E-state index in [1.165, 1.54) is 0 Å². The molecule has 0 amide bonds. The van der Waals surface area contributed by atoms with Crippen LogP contribution in [0.5, 0.6) is 0 Å². The van der Waals surface area contributed by atoms with E-state index in [2.05, 4.69) is 0 Å². The average Bonchev–Trinajstić information content (AvgIpc) is 1.41. The Morgan fingerprint density at radius 3 is 0.389 bits per heavy atom. The maximum atomic E-state index is 8.88. The monoisotopic (exact) mass is 678 g/mol. The molecule has 9 N–H and O–H groups in total. The summed E-state index contributed by atoms with van der Waals surface area (Å²) in [6.45, 7) is 0. The minimum absolute atomic E-state index is 0. The summed E-state index contributed by atoms with van der Waals surface area (Å²) in [5.74, 6) is 0. The number of hydrogen-bond acceptors (Lipinski definition) is 3. The highest BCUT2D eigenvalue weighted by atomic mass is 127. The van der Waals surface area contributed by atoms with Crippen molar-refractivity contribution >= 4 is 95.4 Å². The van der Waals surface area contributed by atoms with Crippen LogP contribution in [-0.2, 0) is 13.7 Å². The van der Waals surface area contributed by atoms with Crippen molar-refractivity contribution in [1.29, 1.82) is 0 Å². The van der Waals surface area contributed by atoms with Gasteiger partial charge in [0.15, 0.2) is 0 Å². The summed E-state index contributed by atoms with van der Waals surface area (Å²) in [4.78, 5) is 64.7. The Hall–Kier alpha value is 2.52. The third-order valence-electron chi connectivity index (χ3n) is 0. The lowest BCUT2D eigenvalue weighted by Crippen LogP contribution is -1.66. The normalized spacial score (nSPS) is 9.83. The third-order valence-corrected chi connectivity index (χ3v) is 0. The minimum Gasteiger partial charge on any atom is -0.303 e. The van der Waals surface area contributed by atoms with Gasteiger partial charge in [0.05, 0.1) is 0 Å². The SMILES string of the molecule is I.I.I.O=P(O)(O)O.O=P(O)(O)O.O=P(O)(O)O. The van der Waals surface area contributed by atoms with Gasteiger partial charge < -0.3 is 44.0 Å². The maximum absolute atomic E-state index is 8.88. The Morgan fingerprint density at radius 2 is 0.389 bits per heavy atom. The molecule has 18 heteroatoms. The van der Waals surface area contributed by atoms with Gasteiger partial charge in [-0.05, 0) is 0 Å². The Bertz CT molecular complexity index is 209. The lowest BCUT2D eigenvalue weighted by atomic mass is 15.8. The Kier molecular flexibility index (Phi) is 32.8. The van der Waals surface area contributed by atoms with Gasteiger partial charge in [0.2, 0.25) is 0 Å². The van der Waals surface area contributed by atoms with Crippen LogP contribution < -0.4 is 0 Å². The molecule has 0 saturated carbocycles. The fourth-order valence-corrected chi connectivity index (χ4v) is 0. The number of rotatable bonds is 0. The van der Waals surface area contributed by atoms with E-state index in [0.717, 1.165) is 0 Å². The Morgan fingerprint density at radius 1 is 0.389 bits per heavy atom. The van der Waals surface area contributed by atoms with Crippen LogP contribution in [0, 0.1) is 0 Å². The van der Waals surface area contributed by atoms with Crippen molar-refractivity contribution < 1.29 is 57.7 Å². The molecule has 0 atom stereocenters. The maximum Gasteiger partial charge on any atom is 0.466 e. The molecule has 0 aliphatic rings. The van der Waals surface area contributed by atoms with Gasteiger partial charge in [-0.1, -0.05) is 0 Å². The molecule has 12 nitrogen and oxygen atoms in total. The summed E-state index contributed by atoms with van der Waals surface area (Å²) in [5, 5.41) is 0. The van der Waals surface area contributed by atoms with E-state index in [4.69, 9.17) is 57.7 Å². The minimum atomic E-state index is -4.64.